The van der Waals surface area contributed by atoms with Crippen LogP contribution in [-0.2, 0) is 12.6 Å². The lowest BCUT2D eigenvalue weighted by atomic mass is 9.98. The maximum atomic E-state index is 12.8. The van der Waals surface area contributed by atoms with E-state index in [9.17, 15) is 13.2 Å². The summed E-state index contributed by atoms with van der Waals surface area (Å²) >= 11 is 0. The summed E-state index contributed by atoms with van der Waals surface area (Å²) in [6, 6.07) is 5.01. The number of nitrogen functional groups attached to an aromatic ring is 1. The van der Waals surface area contributed by atoms with Crippen molar-refractivity contribution >= 4 is 5.82 Å². The van der Waals surface area contributed by atoms with Crippen LogP contribution in [0.15, 0.2) is 28.8 Å². The van der Waals surface area contributed by atoms with Crippen molar-refractivity contribution in [1.29, 1.82) is 0 Å². The zero-order valence-electron chi connectivity index (χ0n) is 11.2. The number of nitrogens with two attached hydrogens (primary N) is 1. The maximum absolute atomic E-state index is 12.8. The Labute approximate surface area is 114 Å². The van der Waals surface area contributed by atoms with Gasteiger partial charge in [-0.05, 0) is 23.6 Å². The molecule has 6 heteroatoms. The number of aromatic nitrogens is 1. The normalized spacial score (nSPS) is 12.1. The zero-order valence-corrected chi connectivity index (χ0v) is 11.2. The highest BCUT2D eigenvalue weighted by Gasteiger charge is 2.31. The fraction of sp³-hybridized carbons (Fsp3) is 0.357. The molecule has 20 heavy (non-hydrogen) atoms. The Morgan fingerprint density at radius 3 is 2.60 bits per heavy atom. The van der Waals surface area contributed by atoms with Crippen LogP contribution >= 0.6 is 0 Å². The van der Waals surface area contributed by atoms with Crippen LogP contribution < -0.4 is 5.73 Å². The molecule has 2 aromatic rings. The van der Waals surface area contributed by atoms with Crippen LogP contribution in [0.5, 0.6) is 0 Å². The molecular weight excluding hydrogens is 269 g/mol. The fourth-order valence-corrected chi connectivity index (χ4v) is 2.01. The van der Waals surface area contributed by atoms with Crippen molar-refractivity contribution in [2.75, 3.05) is 5.73 Å². The summed E-state index contributed by atoms with van der Waals surface area (Å²) in [4.78, 5) is 0. The minimum absolute atomic E-state index is 0.111. The third-order valence-corrected chi connectivity index (χ3v) is 2.86. The molecule has 1 aromatic carbocycles. The Morgan fingerprint density at radius 2 is 2.00 bits per heavy atom. The third-order valence-electron chi connectivity index (χ3n) is 2.86. The number of rotatable bonds is 3. The van der Waals surface area contributed by atoms with E-state index in [1.807, 2.05) is 13.8 Å². The van der Waals surface area contributed by atoms with Crippen molar-refractivity contribution in [3.63, 3.8) is 0 Å². The predicted molar refractivity (Wildman–Crippen MR) is 69.9 cm³/mol. The van der Waals surface area contributed by atoms with Crippen molar-refractivity contribution < 1.29 is 17.7 Å². The summed E-state index contributed by atoms with van der Waals surface area (Å²) in [7, 11) is 0. The van der Waals surface area contributed by atoms with Crippen molar-refractivity contribution in [3.05, 3.63) is 35.6 Å². The molecule has 108 valence electrons. The monoisotopic (exact) mass is 284 g/mol. The average molecular weight is 284 g/mol. The lowest BCUT2D eigenvalue weighted by Crippen LogP contribution is -2.05. The van der Waals surface area contributed by atoms with E-state index in [2.05, 4.69) is 5.16 Å². The molecule has 0 amide bonds. The van der Waals surface area contributed by atoms with Crippen LogP contribution in [0.25, 0.3) is 11.1 Å². The highest BCUT2D eigenvalue weighted by molar-refractivity contribution is 5.76. The predicted octanol–water partition coefficient (Wildman–Crippen LogP) is 4.14. The van der Waals surface area contributed by atoms with E-state index in [1.54, 1.807) is 6.07 Å². The van der Waals surface area contributed by atoms with Gasteiger partial charge in [-0.1, -0.05) is 31.1 Å². The molecule has 2 N–H and O–H groups in total. The minimum Gasteiger partial charge on any atom is -0.380 e. The lowest BCUT2D eigenvalue weighted by molar-refractivity contribution is -0.137. The molecule has 1 heterocycles. The number of hydrogen-bond donors (Lipinski definition) is 1. The van der Waals surface area contributed by atoms with Gasteiger partial charge in [-0.3, -0.25) is 0 Å². The highest BCUT2D eigenvalue weighted by atomic mass is 19.4. The summed E-state index contributed by atoms with van der Waals surface area (Å²) < 4.78 is 43.4. The number of anilines is 1. The first-order valence-electron chi connectivity index (χ1n) is 6.20. The number of benzene rings is 1. The van der Waals surface area contributed by atoms with Gasteiger partial charge in [0.15, 0.2) is 5.82 Å². The number of halogens is 3. The maximum Gasteiger partial charge on any atom is 0.416 e. The summed E-state index contributed by atoms with van der Waals surface area (Å²) in [6.45, 7) is 3.96. The van der Waals surface area contributed by atoms with Gasteiger partial charge in [0.05, 0.1) is 11.1 Å². The van der Waals surface area contributed by atoms with Crippen LogP contribution in [-0.4, -0.2) is 5.16 Å². The van der Waals surface area contributed by atoms with Gasteiger partial charge >= 0.3 is 6.18 Å². The van der Waals surface area contributed by atoms with E-state index >= 15 is 0 Å². The van der Waals surface area contributed by atoms with E-state index in [4.69, 9.17) is 10.3 Å². The Hall–Kier alpha value is -1.98. The Balaban J connectivity index is 2.49. The van der Waals surface area contributed by atoms with Gasteiger partial charge < -0.3 is 10.3 Å². The standard InChI is InChI=1S/C14H15F3N2O/c1-8(2)6-11-12(13(18)19-20-11)9-4-3-5-10(7-9)14(15,16)17/h3-5,7-8H,6H2,1-2H3,(H2,18,19). The van der Waals surface area contributed by atoms with Gasteiger partial charge in [0.25, 0.3) is 0 Å². The van der Waals surface area contributed by atoms with E-state index in [-0.39, 0.29) is 11.7 Å². The summed E-state index contributed by atoms with van der Waals surface area (Å²) in [5.74, 6) is 0.906. The molecule has 0 unspecified atom stereocenters. The lowest BCUT2D eigenvalue weighted by Gasteiger charge is -2.09. The first kappa shape index (κ1) is 14.4. The Morgan fingerprint density at radius 1 is 1.30 bits per heavy atom. The largest absolute Gasteiger partial charge is 0.416 e. The second-order valence-corrected chi connectivity index (χ2v) is 5.04. The van der Waals surface area contributed by atoms with Crippen LogP contribution in [0.3, 0.4) is 0 Å². The zero-order chi connectivity index (χ0) is 14.9. The van der Waals surface area contributed by atoms with Crippen LogP contribution in [0.2, 0.25) is 0 Å². The van der Waals surface area contributed by atoms with E-state index in [1.165, 1.54) is 6.07 Å². The second-order valence-electron chi connectivity index (χ2n) is 5.04. The Bertz CT molecular complexity index is 603. The van der Waals surface area contributed by atoms with Gasteiger partial charge in [0.2, 0.25) is 0 Å². The molecule has 2 rings (SSSR count). The quantitative estimate of drug-likeness (QED) is 0.921. The molecule has 0 spiro atoms. The number of hydrogen-bond acceptors (Lipinski definition) is 3. The third kappa shape index (κ3) is 2.95. The minimum atomic E-state index is -4.39. The summed E-state index contributed by atoms with van der Waals surface area (Å²) in [6.07, 6.45) is -3.82. The van der Waals surface area contributed by atoms with Crippen LogP contribution in [0.1, 0.15) is 25.2 Å². The second kappa shape index (κ2) is 5.19. The molecule has 0 radical (unpaired) electrons. The number of nitrogens with zero attached hydrogens (tertiary/aromatic N) is 1. The highest BCUT2D eigenvalue weighted by Crippen LogP contribution is 2.35. The molecule has 0 atom stereocenters. The molecule has 0 aliphatic heterocycles. The molecule has 0 bridgehead atoms. The first-order valence-corrected chi connectivity index (χ1v) is 6.20. The van der Waals surface area contributed by atoms with E-state index in [0.29, 0.717) is 23.3 Å². The van der Waals surface area contributed by atoms with Gasteiger partial charge in [-0.2, -0.15) is 13.2 Å². The van der Waals surface area contributed by atoms with Crippen molar-refractivity contribution in [3.8, 4) is 11.1 Å². The molecule has 0 aliphatic carbocycles. The van der Waals surface area contributed by atoms with Crippen LogP contribution in [0, 0.1) is 5.92 Å². The summed E-state index contributed by atoms with van der Waals surface area (Å²) in [5, 5.41) is 3.66. The van der Waals surface area contributed by atoms with Crippen molar-refractivity contribution in [2.45, 2.75) is 26.4 Å². The first-order chi connectivity index (χ1) is 9.29. The fourth-order valence-electron chi connectivity index (χ4n) is 2.01. The van der Waals surface area contributed by atoms with Gasteiger partial charge in [0.1, 0.15) is 5.76 Å². The molecule has 0 saturated heterocycles. The van der Waals surface area contributed by atoms with E-state index in [0.717, 1.165) is 12.1 Å². The van der Waals surface area contributed by atoms with Gasteiger partial charge in [0, 0.05) is 6.42 Å². The van der Waals surface area contributed by atoms with Gasteiger partial charge in [-0.25, -0.2) is 0 Å². The SMILES string of the molecule is CC(C)Cc1onc(N)c1-c1cccc(C(F)(F)F)c1. The summed E-state index contributed by atoms with van der Waals surface area (Å²) in [5.41, 5.74) is 5.82. The molecule has 0 aliphatic rings. The van der Waals surface area contributed by atoms with Crippen molar-refractivity contribution in [2.24, 2.45) is 5.92 Å². The molecule has 1 aromatic heterocycles. The molecule has 0 fully saturated rings. The van der Waals surface area contributed by atoms with Crippen LogP contribution in [0.4, 0.5) is 19.0 Å². The topological polar surface area (TPSA) is 52.0 Å². The van der Waals surface area contributed by atoms with Gasteiger partial charge in [-0.15, -0.1) is 0 Å². The van der Waals surface area contributed by atoms with E-state index < -0.39 is 11.7 Å². The Kier molecular flexibility index (Phi) is 3.74. The molecular formula is C14H15F3N2O. The smallest absolute Gasteiger partial charge is 0.380 e. The molecule has 0 saturated carbocycles. The average Bonchev–Trinajstić information content (AvgIpc) is 2.69. The van der Waals surface area contributed by atoms with Crippen molar-refractivity contribution in [1.82, 2.24) is 5.16 Å². The number of alkyl halides is 3. The molecule has 3 nitrogen and oxygen atoms in total.